The van der Waals surface area contributed by atoms with Gasteiger partial charge in [-0.2, -0.15) is 0 Å². The van der Waals surface area contributed by atoms with Crippen molar-refractivity contribution in [1.29, 1.82) is 0 Å². The van der Waals surface area contributed by atoms with Crippen LogP contribution in [-0.4, -0.2) is 35.3 Å². The van der Waals surface area contributed by atoms with Crippen molar-refractivity contribution >= 4 is 55.1 Å². The molecule has 158 valence electrons. The van der Waals surface area contributed by atoms with E-state index in [2.05, 4.69) is 58.9 Å². The van der Waals surface area contributed by atoms with Crippen molar-refractivity contribution in [1.82, 2.24) is 9.97 Å². The third-order valence-corrected chi connectivity index (χ3v) is 8.46. The fourth-order valence-electron chi connectivity index (χ4n) is 4.50. The van der Waals surface area contributed by atoms with E-state index in [0.717, 1.165) is 41.4 Å². The second-order valence-electron chi connectivity index (χ2n) is 8.26. The number of morpholine rings is 1. The summed E-state index contributed by atoms with van der Waals surface area (Å²) in [6, 6.07) is 8.45. The lowest BCUT2D eigenvalue weighted by atomic mass is 9.96. The van der Waals surface area contributed by atoms with Crippen LogP contribution in [0.5, 0.6) is 0 Å². The molecule has 30 heavy (non-hydrogen) atoms. The van der Waals surface area contributed by atoms with Gasteiger partial charge in [0.15, 0.2) is 0 Å². The van der Waals surface area contributed by atoms with Gasteiger partial charge in [0.2, 0.25) is 0 Å². The highest BCUT2D eigenvalue weighted by Crippen LogP contribution is 2.40. The number of nitrogens with zero attached hydrogens (tertiary/aromatic N) is 3. The number of hydrogen-bond donors (Lipinski definition) is 0. The predicted molar refractivity (Wildman–Crippen MR) is 130 cm³/mol. The molecule has 1 aliphatic carbocycles. The first-order valence-corrected chi connectivity index (χ1v) is 13.3. The summed E-state index contributed by atoms with van der Waals surface area (Å²) in [7, 11) is 0. The Hall–Kier alpha value is -1.15. The largest absolute Gasteiger partial charge is 0.372 e. The van der Waals surface area contributed by atoms with Crippen molar-refractivity contribution in [2.45, 2.75) is 62.4 Å². The van der Waals surface area contributed by atoms with Gasteiger partial charge in [0.1, 0.15) is 16.5 Å². The van der Waals surface area contributed by atoms with Crippen molar-refractivity contribution in [2.24, 2.45) is 0 Å². The standard InChI is InChI=1S/C23H26BrN3OS2/c1-14-11-27(12-15(2)28-14)22-21-18-5-3-4-6-19(18)30-23(21)26-20(25-22)13-29-17-9-7-16(24)8-10-17/h7-10,14-15H,3-6,11-13H2,1-2H3. The number of aryl methyl sites for hydroxylation is 2. The van der Waals surface area contributed by atoms with Gasteiger partial charge in [0.05, 0.1) is 23.3 Å². The number of thiophene rings is 1. The van der Waals surface area contributed by atoms with Gasteiger partial charge in [0.25, 0.3) is 0 Å². The highest BCUT2D eigenvalue weighted by Gasteiger charge is 2.28. The van der Waals surface area contributed by atoms with Crippen LogP contribution in [-0.2, 0) is 23.3 Å². The zero-order valence-electron chi connectivity index (χ0n) is 17.4. The van der Waals surface area contributed by atoms with Crippen LogP contribution >= 0.6 is 39.0 Å². The highest BCUT2D eigenvalue weighted by molar-refractivity contribution is 9.10. The first kappa shape index (κ1) is 20.7. The summed E-state index contributed by atoms with van der Waals surface area (Å²) >= 11 is 7.20. The monoisotopic (exact) mass is 503 g/mol. The number of rotatable bonds is 4. The van der Waals surface area contributed by atoms with Crippen LogP contribution in [0, 0.1) is 0 Å². The molecular formula is C23H26BrN3OS2. The zero-order chi connectivity index (χ0) is 20.7. The molecule has 0 spiro atoms. The Morgan fingerprint density at radius 2 is 1.83 bits per heavy atom. The Balaban J connectivity index is 1.53. The van der Waals surface area contributed by atoms with E-state index in [-0.39, 0.29) is 12.2 Å². The van der Waals surface area contributed by atoms with Crippen LogP contribution in [0.4, 0.5) is 5.82 Å². The Bertz CT molecular complexity index is 1040. The molecule has 1 fully saturated rings. The lowest BCUT2D eigenvalue weighted by Crippen LogP contribution is -2.46. The first-order valence-electron chi connectivity index (χ1n) is 10.7. The van der Waals surface area contributed by atoms with Crippen LogP contribution in [0.15, 0.2) is 33.6 Å². The summed E-state index contributed by atoms with van der Waals surface area (Å²) in [5.41, 5.74) is 1.51. The highest BCUT2D eigenvalue weighted by atomic mass is 79.9. The number of ether oxygens (including phenoxy) is 1. The molecule has 1 saturated heterocycles. The molecule has 0 radical (unpaired) electrons. The molecule has 2 atom stereocenters. The van der Waals surface area contributed by atoms with Crippen LogP contribution in [0.2, 0.25) is 0 Å². The van der Waals surface area contributed by atoms with Gasteiger partial charge >= 0.3 is 0 Å². The van der Waals surface area contributed by atoms with Gasteiger partial charge in [-0.05, 0) is 69.4 Å². The molecule has 7 heteroatoms. The van der Waals surface area contributed by atoms with Crippen molar-refractivity contribution in [2.75, 3.05) is 18.0 Å². The number of aromatic nitrogens is 2. The number of fused-ring (bicyclic) bond motifs is 3. The third-order valence-electron chi connectivity index (χ3n) is 5.74. The molecule has 2 unspecified atom stereocenters. The molecule has 0 bridgehead atoms. The fourth-order valence-corrected chi connectivity index (χ4v) is 6.80. The van der Waals surface area contributed by atoms with E-state index < -0.39 is 0 Å². The Labute approximate surface area is 194 Å². The van der Waals surface area contributed by atoms with Gasteiger partial charge in [0, 0.05) is 27.3 Å². The topological polar surface area (TPSA) is 38.2 Å². The summed E-state index contributed by atoms with van der Waals surface area (Å²) in [6.07, 6.45) is 5.35. The van der Waals surface area contributed by atoms with Crippen molar-refractivity contribution in [3.63, 3.8) is 0 Å². The third kappa shape index (κ3) is 4.27. The van der Waals surface area contributed by atoms with E-state index in [1.807, 2.05) is 11.3 Å². The summed E-state index contributed by atoms with van der Waals surface area (Å²) < 4.78 is 7.10. The number of thioether (sulfide) groups is 1. The quantitative estimate of drug-likeness (QED) is 0.394. The summed E-state index contributed by atoms with van der Waals surface area (Å²) in [4.78, 5) is 16.5. The van der Waals surface area contributed by atoms with E-state index in [4.69, 9.17) is 14.7 Å². The Kier molecular flexibility index (Phi) is 6.06. The molecule has 0 amide bonds. The summed E-state index contributed by atoms with van der Waals surface area (Å²) in [5.74, 6) is 2.84. The van der Waals surface area contributed by atoms with Gasteiger partial charge in [-0.3, -0.25) is 0 Å². The normalized spacial score (nSPS) is 21.8. The first-order chi connectivity index (χ1) is 14.6. The molecule has 4 nitrogen and oxygen atoms in total. The minimum Gasteiger partial charge on any atom is -0.372 e. The molecule has 1 aromatic carbocycles. The lowest BCUT2D eigenvalue weighted by molar-refractivity contribution is -0.00538. The predicted octanol–water partition coefficient (Wildman–Crippen LogP) is 6.24. The van der Waals surface area contributed by atoms with E-state index in [0.29, 0.717) is 0 Å². The minimum atomic E-state index is 0.216. The van der Waals surface area contributed by atoms with Crippen molar-refractivity contribution < 1.29 is 4.74 Å². The zero-order valence-corrected chi connectivity index (χ0v) is 20.6. The van der Waals surface area contributed by atoms with Crippen LogP contribution in [0.1, 0.15) is 43.0 Å². The number of hydrogen-bond acceptors (Lipinski definition) is 6. The van der Waals surface area contributed by atoms with Crippen molar-refractivity contribution in [3.8, 4) is 0 Å². The van der Waals surface area contributed by atoms with E-state index >= 15 is 0 Å². The maximum Gasteiger partial charge on any atom is 0.142 e. The maximum absolute atomic E-state index is 6.00. The number of benzene rings is 1. The SMILES string of the molecule is CC1CN(c2nc(CSc3ccc(Br)cc3)nc3sc4c(c23)CCCC4)CC(C)O1. The molecule has 2 aromatic heterocycles. The van der Waals surface area contributed by atoms with Crippen LogP contribution in [0.25, 0.3) is 10.2 Å². The average Bonchev–Trinajstić information content (AvgIpc) is 3.10. The van der Waals surface area contributed by atoms with Gasteiger partial charge in [-0.25, -0.2) is 9.97 Å². The second-order valence-corrected chi connectivity index (χ2v) is 11.3. The Morgan fingerprint density at radius 3 is 2.60 bits per heavy atom. The maximum atomic E-state index is 6.00. The van der Waals surface area contributed by atoms with Gasteiger partial charge in [-0.1, -0.05) is 15.9 Å². The summed E-state index contributed by atoms with van der Waals surface area (Å²) in [5, 5.41) is 1.31. The average molecular weight is 505 g/mol. The van der Waals surface area contributed by atoms with Gasteiger partial charge < -0.3 is 9.64 Å². The fraction of sp³-hybridized carbons (Fsp3) is 0.478. The molecule has 3 aromatic rings. The molecule has 0 saturated carbocycles. The van der Waals surface area contributed by atoms with Crippen LogP contribution < -0.4 is 4.90 Å². The lowest BCUT2D eigenvalue weighted by Gasteiger charge is -2.36. The van der Waals surface area contributed by atoms with E-state index in [9.17, 15) is 0 Å². The van der Waals surface area contributed by atoms with Crippen LogP contribution in [0.3, 0.4) is 0 Å². The van der Waals surface area contributed by atoms with Crippen molar-refractivity contribution in [3.05, 3.63) is 45.0 Å². The second kappa shape index (κ2) is 8.77. The minimum absolute atomic E-state index is 0.216. The molecular weight excluding hydrogens is 478 g/mol. The molecule has 0 N–H and O–H groups in total. The van der Waals surface area contributed by atoms with E-state index in [1.165, 1.54) is 44.8 Å². The number of halogens is 1. The molecule has 2 aliphatic rings. The molecule has 3 heterocycles. The van der Waals surface area contributed by atoms with E-state index in [1.54, 1.807) is 11.8 Å². The van der Waals surface area contributed by atoms with Gasteiger partial charge in [-0.15, -0.1) is 23.1 Å². The number of anilines is 1. The summed E-state index contributed by atoms with van der Waals surface area (Å²) in [6.45, 7) is 6.10. The Morgan fingerprint density at radius 1 is 1.10 bits per heavy atom. The molecule has 1 aliphatic heterocycles. The smallest absolute Gasteiger partial charge is 0.142 e. The molecule has 5 rings (SSSR count).